The number of rotatable bonds is 5. The summed E-state index contributed by atoms with van der Waals surface area (Å²) < 4.78 is 0. The molecule has 20 heavy (non-hydrogen) atoms. The van der Waals surface area contributed by atoms with Crippen molar-refractivity contribution >= 4 is 5.91 Å². The van der Waals surface area contributed by atoms with Crippen molar-refractivity contribution in [3.05, 3.63) is 0 Å². The first-order valence-corrected chi connectivity index (χ1v) is 8.82. The third-order valence-corrected chi connectivity index (χ3v) is 6.67. The summed E-state index contributed by atoms with van der Waals surface area (Å²) in [6.07, 6.45) is 10.3. The maximum absolute atomic E-state index is 13.0. The minimum atomic E-state index is 0.416. The molecule has 112 valence electrons. The van der Waals surface area contributed by atoms with Crippen LogP contribution in [-0.4, -0.2) is 29.9 Å². The highest BCUT2D eigenvalue weighted by molar-refractivity contribution is 5.83. The summed E-state index contributed by atoms with van der Waals surface area (Å²) in [5, 5.41) is 0. The van der Waals surface area contributed by atoms with E-state index in [2.05, 4.69) is 4.90 Å². The van der Waals surface area contributed by atoms with Gasteiger partial charge in [0.2, 0.25) is 5.91 Å². The van der Waals surface area contributed by atoms with Crippen molar-refractivity contribution in [1.82, 2.24) is 4.90 Å². The van der Waals surface area contributed by atoms with Crippen molar-refractivity contribution in [2.45, 2.75) is 57.4 Å². The third-order valence-electron chi connectivity index (χ3n) is 6.67. The zero-order valence-electron chi connectivity index (χ0n) is 12.5. The Kier molecular flexibility index (Phi) is 3.29. The Bertz CT molecular complexity index is 374. The first kappa shape index (κ1) is 13.1. The average Bonchev–Trinajstić information content (AvgIpc) is 2.89. The maximum atomic E-state index is 13.0. The molecule has 2 bridgehead atoms. The predicted molar refractivity (Wildman–Crippen MR) is 78.9 cm³/mol. The molecule has 3 nitrogen and oxygen atoms in total. The van der Waals surface area contributed by atoms with Crippen LogP contribution in [-0.2, 0) is 4.79 Å². The SMILES string of the molecule is NCCCN(C(=O)C1C2C3CCC(C3)C12)C1CCCC1. The second kappa shape index (κ2) is 5.01. The van der Waals surface area contributed by atoms with Crippen LogP contribution in [0.1, 0.15) is 51.4 Å². The highest BCUT2D eigenvalue weighted by Crippen LogP contribution is 2.69. The fraction of sp³-hybridized carbons (Fsp3) is 0.941. The van der Waals surface area contributed by atoms with Gasteiger partial charge in [0.25, 0.3) is 0 Å². The summed E-state index contributed by atoms with van der Waals surface area (Å²) in [4.78, 5) is 15.3. The molecule has 0 aliphatic heterocycles. The lowest BCUT2D eigenvalue weighted by molar-refractivity contribution is -0.136. The molecule has 4 rings (SSSR count). The van der Waals surface area contributed by atoms with Crippen LogP contribution in [0.2, 0.25) is 0 Å². The quantitative estimate of drug-likeness (QED) is 0.838. The molecule has 4 fully saturated rings. The van der Waals surface area contributed by atoms with Gasteiger partial charge < -0.3 is 10.6 Å². The first-order valence-electron chi connectivity index (χ1n) is 8.82. The highest BCUT2D eigenvalue weighted by atomic mass is 16.2. The van der Waals surface area contributed by atoms with Gasteiger partial charge in [-0.2, -0.15) is 0 Å². The average molecular weight is 276 g/mol. The van der Waals surface area contributed by atoms with Crippen molar-refractivity contribution in [3.8, 4) is 0 Å². The van der Waals surface area contributed by atoms with Crippen molar-refractivity contribution in [2.75, 3.05) is 13.1 Å². The third kappa shape index (κ3) is 1.93. The van der Waals surface area contributed by atoms with Gasteiger partial charge in [0.15, 0.2) is 0 Å². The maximum Gasteiger partial charge on any atom is 0.226 e. The van der Waals surface area contributed by atoms with Crippen molar-refractivity contribution in [2.24, 2.45) is 35.3 Å². The molecule has 4 saturated carbocycles. The van der Waals surface area contributed by atoms with Gasteiger partial charge in [0.05, 0.1) is 0 Å². The summed E-state index contributed by atoms with van der Waals surface area (Å²) in [5.74, 6) is 4.29. The minimum Gasteiger partial charge on any atom is -0.339 e. The Balaban J connectivity index is 1.45. The van der Waals surface area contributed by atoms with Crippen LogP contribution in [0.25, 0.3) is 0 Å². The summed E-state index contributed by atoms with van der Waals surface area (Å²) in [7, 11) is 0. The van der Waals surface area contributed by atoms with Gasteiger partial charge in [-0.25, -0.2) is 0 Å². The first-order chi connectivity index (χ1) is 9.81. The molecule has 4 atom stereocenters. The molecule has 0 aromatic heterocycles. The lowest BCUT2D eigenvalue weighted by atomic mass is 10.0. The molecule has 0 radical (unpaired) electrons. The molecule has 1 amide bonds. The molecular formula is C17H28N2O. The molecule has 3 heteroatoms. The number of hydrogen-bond donors (Lipinski definition) is 1. The zero-order valence-corrected chi connectivity index (χ0v) is 12.5. The van der Waals surface area contributed by atoms with Crippen LogP contribution in [0, 0.1) is 29.6 Å². The van der Waals surface area contributed by atoms with Gasteiger partial charge in [-0.15, -0.1) is 0 Å². The summed E-state index contributed by atoms with van der Waals surface area (Å²) >= 11 is 0. The standard InChI is InChI=1S/C17H28N2O/c18-8-3-9-19(13-4-1-2-5-13)17(20)16-14-11-6-7-12(10-11)15(14)16/h11-16H,1-10,18H2. The van der Waals surface area contributed by atoms with Gasteiger partial charge >= 0.3 is 0 Å². The second-order valence-corrected chi connectivity index (χ2v) is 7.63. The van der Waals surface area contributed by atoms with E-state index in [1.807, 2.05) is 0 Å². The van der Waals surface area contributed by atoms with E-state index >= 15 is 0 Å². The van der Waals surface area contributed by atoms with Crippen LogP contribution in [0.5, 0.6) is 0 Å². The summed E-state index contributed by atoms with van der Waals surface area (Å²) in [6.45, 7) is 1.62. The molecule has 4 unspecified atom stereocenters. The normalized spacial score (nSPS) is 42.0. The molecule has 0 aromatic carbocycles. The number of carbonyl (C=O) groups is 1. The predicted octanol–water partition coefficient (Wildman–Crippen LogP) is 2.40. The Morgan fingerprint density at radius 3 is 2.30 bits per heavy atom. The van der Waals surface area contributed by atoms with Gasteiger partial charge in [-0.05, 0) is 68.7 Å². The van der Waals surface area contributed by atoms with E-state index in [1.165, 1.54) is 44.9 Å². The van der Waals surface area contributed by atoms with Crippen molar-refractivity contribution in [3.63, 3.8) is 0 Å². The number of nitrogens with two attached hydrogens (primary N) is 1. The topological polar surface area (TPSA) is 46.3 Å². The smallest absolute Gasteiger partial charge is 0.226 e. The Labute approximate surface area is 122 Å². The van der Waals surface area contributed by atoms with Crippen LogP contribution >= 0.6 is 0 Å². The summed E-state index contributed by atoms with van der Waals surface area (Å²) in [6, 6.07) is 0.535. The fourth-order valence-electron chi connectivity index (χ4n) is 5.80. The van der Waals surface area contributed by atoms with E-state index < -0.39 is 0 Å². The van der Waals surface area contributed by atoms with E-state index in [0.29, 0.717) is 24.4 Å². The summed E-state index contributed by atoms with van der Waals surface area (Å²) in [5.41, 5.74) is 5.68. The second-order valence-electron chi connectivity index (χ2n) is 7.63. The molecule has 0 heterocycles. The molecule has 4 aliphatic carbocycles. The fourth-order valence-corrected chi connectivity index (χ4v) is 5.80. The van der Waals surface area contributed by atoms with Gasteiger partial charge in [0, 0.05) is 18.5 Å². The largest absolute Gasteiger partial charge is 0.339 e. The van der Waals surface area contributed by atoms with Gasteiger partial charge in [0.1, 0.15) is 0 Å². The number of carbonyl (C=O) groups excluding carboxylic acids is 1. The van der Waals surface area contributed by atoms with E-state index in [0.717, 1.165) is 36.6 Å². The number of hydrogen-bond acceptors (Lipinski definition) is 2. The van der Waals surface area contributed by atoms with Crippen LogP contribution in [0.3, 0.4) is 0 Å². The van der Waals surface area contributed by atoms with Crippen molar-refractivity contribution in [1.29, 1.82) is 0 Å². The highest BCUT2D eigenvalue weighted by Gasteiger charge is 2.68. The molecule has 0 saturated heterocycles. The molecule has 0 spiro atoms. The van der Waals surface area contributed by atoms with E-state index in [9.17, 15) is 4.79 Å². The monoisotopic (exact) mass is 276 g/mol. The van der Waals surface area contributed by atoms with Crippen LogP contribution < -0.4 is 5.73 Å². The van der Waals surface area contributed by atoms with E-state index in [1.54, 1.807) is 0 Å². The van der Waals surface area contributed by atoms with E-state index in [4.69, 9.17) is 5.73 Å². The number of nitrogens with zero attached hydrogens (tertiary/aromatic N) is 1. The molecule has 2 N–H and O–H groups in total. The number of amides is 1. The Morgan fingerprint density at radius 1 is 1.05 bits per heavy atom. The minimum absolute atomic E-state index is 0.416. The van der Waals surface area contributed by atoms with Crippen LogP contribution in [0.4, 0.5) is 0 Å². The Morgan fingerprint density at radius 2 is 1.70 bits per heavy atom. The van der Waals surface area contributed by atoms with E-state index in [-0.39, 0.29) is 0 Å². The zero-order chi connectivity index (χ0) is 13.7. The lowest BCUT2D eigenvalue weighted by Gasteiger charge is -2.30. The Hall–Kier alpha value is -0.570. The lowest BCUT2D eigenvalue weighted by Crippen LogP contribution is -2.42. The van der Waals surface area contributed by atoms with Crippen LogP contribution in [0.15, 0.2) is 0 Å². The molecular weight excluding hydrogens is 248 g/mol. The molecule has 0 aromatic rings. The van der Waals surface area contributed by atoms with Gasteiger partial charge in [-0.1, -0.05) is 12.8 Å². The number of fused-ring (bicyclic) bond motifs is 5. The molecule has 4 aliphatic rings. The van der Waals surface area contributed by atoms with Crippen molar-refractivity contribution < 1.29 is 4.79 Å². The van der Waals surface area contributed by atoms with Gasteiger partial charge in [-0.3, -0.25) is 4.79 Å².